The number of rotatable bonds is 7. The first kappa shape index (κ1) is 23.1. The first-order chi connectivity index (χ1) is 17.1. The predicted molar refractivity (Wildman–Crippen MR) is 138 cm³/mol. The van der Waals surface area contributed by atoms with E-state index in [1.807, 2.05) is 43.3 Å². The van der Waals surface area contributed by atoms with Gasteiger partial charge in [0.05, 0.1) is 20.8 Å². The van der Waals surface area contributed by atoms with E-state index in [9.17, 15) is 9.59 Å². The number of ketones is 2. The number of hydrogen-bond donors (Lipinski definition) is 0. The van der Waals surface area contributed by atoms with Crippen molar-refractivity contribution in [3.63, 3.8) is 0 Å². The Morgan fingerprint density at radius 2 is 2.06 bits per heavy atom. The second-order valence-corrected chi connectivity index (χ2v) is 10.1. The standard InChI is InChI=1S/C28H26N4O2S/c1-3-21-9-11-27(35-21)26(34)15-18-6-5-7-20(14-18)32-24-10-8-19(25(33)4-2)16-23(24)31-28(32)22-12-13-29-17-30-22/h1,8-13,16-18,20H,4-7,14-15H2,2H3/t18-,20+/m1/s1. The molecule has 3 heterocycles. The minimum Gasteiger partial charge on any atom is -0.320 e. The van der Waals surface area contributed by atoms with Gasteiger partial charge in [-0.15, -0.1) is 17.8 Å². The molecule has 1 aliphatic rings. The van der Waals surface area contributed by atoms with E-state index in [1.165, 1.54) is 17.7 Å². The minimum absolute atomic E-state index is 0.0999. The van der Waals surface area contributed by atoms with Crippen LogP contribution in [-0.2, 0) is 0 Å². The molecule has 1 fully saturated rings. The summed E-state index contributed by atoms with van der Waals surface area (Å²) in [6.07, 6.45) is 13.6. The number of fused-ring (bicyclic) bond motifs is 1. The highest BCUT2D eigenvalue weighted by molar-refractivity contribution is 7.14. The quantitative estimate of drug-likeness (QED) is 0.234. The molecule has 0 unspecified atom stereocenters. The molecule has 3 aromatic heterocycles. The maximum atomic E-state index is 12.9. The van der Waals surface area contributed by atoms with Gasteiger partial charge in [-0.05, 0) is 61.6 Å². The lowest BCUT2D eigenvalue weighted by atomic mass is 9.82. The summed E-state index contributed by atoms with van der Waals surface area (Å²) in [5, 5.41) is 0. The number of thiophene rings is 1. The van der Waals surface area contributed by atoms with Crippen molar-refractivity contribution in [3.8, 4) is 23.9 Å². The van der Waals surface area contributed by atoms with Crippen LogP contribution in [0, 0.1) is 18.3 Å². The monoisotopic (exact) mass is 482 g/mol. The summed E-state index contributed by atoms with van der Waals surface area (Å²) < 4.78 is 2.26. The Morgan fingerprint density at radius 3 is 2.80 bits per heavy atom. The first-order valence-electron chi connectivity index (χ1n) is 12.0. The normalized spacial score (nSPS) is 17.8. The zero-order valence-electron chi connectivity index (χ0n) is 19.6. The number of terminal acetylenes is 1. The molecule has 6 nitrogen and oxygen atoms in total. The van der Waals surface area contributed by atoms with E-state index in [0.29, 0.717) is 18.4 Å². The SMILES string of the molecule is C#Cc1ccc(C(=O)C[C@@H]2CCC[C@H](n3c(-c4ccncn4)nc4cc(C(=O)CC)ccc43)C2)s1. The van der Waals surface area contributed by atoms with E-state index >= 15 is 0 Å². The summed E-state index contributed by atoms with van der Waals surface area (Å²) in [5.41, 5.74) is 3.20. The molecule has 0 bridgehead atoms. The van der Waals surface area contributed by atoms with Crippen molar-refractivity contribution in [2.45, 2.75) is 51.5 Å². The van der Waals surface area contributed by atoms with Gasteiger partial charge < -0.3 is 4.57 Å². The van der Waals surface area contributed by atoms with Crippen LogP contribution in [0.3, 0.4) is 0 Å². The summed E-state index contributed by atoms with van der Waals surface area (Å²) in [7, 11) is 0. The Morgan fingerprint density at radius 1 is 1.17 bits per heavy atom. The maximum Gasteiger partial charge on any atom is 0.173 e. The van der Waals surface area contributed by atoms with Crippen molar-refractivity contribution in [2.75, 3.05) is 0 Å². The molecule has 0 radical (unpaired) electrons. The van der Waals surface area contributed by atoms with Crippen molar-refractivity contribution in [1.82, 2.24) is 19.5 Å². The lowest BCUT2D eigenvalue weighted by Crippen LogP contribution is -2.22. The highest BCUT2D eigenvalue weighted by atomic mass is 32.1. The maximum absolute atomic E-state index is 12.9. The summed E-state index contributed by atoms with van der Waals surface area (Å²) >= 11 is 1.39. The van der Waals surface area contributed by atoms with E-state index in [4.69, 9.17) is 11.4 Å². The Kier molecular flexibility index (Phi) is 6.56. The molecule has 1 aromatic carbocycles. The molecular formula is C28H26N4O2S. The van der Waals surface area contributed by atoms with Gasteiger partial charge in [0.25, 0.3) is 0 Å². The van der Waals surface area contributed by atoms with Crippen LogP contribution in [0.1, 0.15) is 76.4 Å². The minimum atomic E-state index is 0.0999. The van der Waals surface area contributed by atoms with Gasteiger partial charge in [0.15, 0.2) is 17.4 Å². The second kappa shape index (κ2) is 9.93. The lowest BCUT2D eigenvalue weighted by Gasteiger charge is -2.31. The Balaban J connectivity index is 1.48. The fourth-order valence-corrected chi connectivity index (χ4v) is 5.83. The third-order valence-electron chi connectivity index (χ3n) is 6.76. The summed E-state index contributed by atoms with van der Waals surface area (Å²) in [6.45, 7) is 1.87. The average Bonchev–Trinajstić information content (AvgIpc) is 3.53. The number of carbonyl (C=O) groups is 2. The van der Waals surface area contributed by atoms with Gasteiger partial charge in [0, 0.05) is 30.6 Å². The fraction of sp³-hybridized carbons (Fsp3) is 0.321. The number of hydrogen-bond acceptors (Lipinski definition) is 6. The molecule has 0 amide bonds. The van der Waals surface area contributed by atoms with Gasteiger partial charge in [-0.2, -0.15) is 0 Å². The van der Waals surface area contributed by atoms with Crippen molar-refractivity contribution in [1.29, 1.82) is 0 Å². The van der Waals surface area contributed by atoms with Gasteiger partial charge in [-0.25, -0.2) is 15.0 Å². The largest absolute Gasteiger partial charge is 0.320 e. The summed E-state index contributed by atoms with van der Waals surface area (Å²) in [6, 6.07) is 11.5. The predicted octanol–water partition coefficient (Wildman–Crippen LogP) is 6.13. The van der Waals surface area contributed by atoms with Gasteiger partial charge >= 0.3 is 0 Å². The zero-order chi connectivity index (χ0) is 24.4. The molecule has 0 aliphatic heterocycles. The molecule has 0 saturated heterocycles. The van der Waals surface area contributed by atoms with Gasteiger partial charge in [0.2, 0.25) is 0 Å². The molecular weight excluding hydrogens is 456 g/mol. The van der Waals surface area contributed by atoms with E-state index in [-0.39, 0.29) is 23.5 Å². The van der Waals surface area contributed by atoms with Crippen molar-refractivity contribution in [2.24, 2.45) is 5.92 Å². The van der Waals surface area contributed by atoms with Crippen LogP contribution < -0.4 is 0 Å². The Hall–Kier alpha value is -3.63. The number of benzene rings is 1. The van der Waals surface area contributed by atoms with Crippen molar-refractivity contribution < 1.29 is 9.59 Å². The molecule has 1 saturated carbocycles. The molecule has 0 spiro atoms. The highest BCUT2D eigenvalue weighted by Gasteiger charge is 2.29. The van der Waals surface area contributed by atoms with Crippen LogP contribution in [0.25, 0.3) is 22.6 Å². The smallest absolute Gasteiger partial charge is 0.173 e. The molecule has 0 N–H and O–H groups in total. The van der Waals surface area contributed by atoms with Gasteiger partial charge in [0.1, 0.15) is 12.0 Å². The van der Waals surface area contributed by atoms with Crippen LogP contribution >= 0.6 is 11.3 Å². The number of nitrogens with zero attached hydrogens (tertiary/aromatic N) is 4. The Labute approximate surface area is 208 Å². The van der Waals surface area contributed by atoms with Crippen LogP contribution in [-0.4, -0.2) is 31.1 Å². The van der Waals surface area contributed by atoms with Gasteiger partial charge in [-0.1, -0.05) is 19.3 Å². The summed E-state index contributed by atoms with van der Waals surface area (Å²) in [5.74, 6) is 3.93. The third kappa shape index (κ3) is 4.67. The molecule has 2 atom stereocenters. The van der Waals surface area contributed by atoms with Crippen molar-refractivity contribution in [3.05, 3.63) is 64.2 Å². The number of aromatic nitrogens is 4. The van der Waals surface area contributed by atoms with Crippen LogP contribution in [0.2, 0.25) is 0 Å². The van der Waals surface area contributed by atoms with E-state index in [1.54, 1.807) is 6.20 Å². The number of Topliss-reactive ketones (excluding diaryl/α,β-unsaturated/α-hetero) is 2. The molecule has 5 rings (SSSR count). The van der Waals surface area contributed by atoms with Crippen molar-refractivity contribution >= 4 is 33.9 Å². The molecule has 1 aliphatic carbocycles. The molecule has 35 heavy (non-hydrogen) atoms. The van der Waals surface area contributed by atoms with Crippen LogP contribution in [0.15, 0.2) is 48.9 Å². The Bertz CT molecular complexity index is 1430. The van der Waals surface area contributed by atoms with Crippen LogP contribution in [0.5, 0.6) is 0 Å². The topological polar surface area (TPSA) is 77.7 Å². The van der Waals surface area contributed by atoms with E-state index < -0.39 is 0 Å². The van der Waals surface area contributed by atoms with E-state index in [0.717, 1.165) is 58.0 Å². The fourth-order valence-electron chi connectivity index (χ4n) is 5.06. The second-order valence-electron chi connectivity index (χ2n) is 9.00. The van der Waals surface area contributed by atoms with Crippen LogP contribution in [0.4, 0.5) is 0 Å². The third-order valence-corrected chi connectivity index (χ3v) is 7.82. The molecule has 4 aromatic rings. The van der Waals surface area contributed by atoms with Gasteiger partial charge in [-0.3, -0.25) is 9.59 Å². The number of carbonyl (C=O) groups excluding carboxylic acids is 2. The number of imidazole rings is 1. The first-order valence-corrected chi connectivity index (χ1v) is 12.8. The average molecular weight is 483 g/mol. The van der Waals surface area contributed by atoms with E-state index in [2.05, 4.69) is 20.5 Å². The molecule has 7 heteroatoms. The lowest BCUT2D eigenvalue weighted by molar-refractivity contribution is 0.0944. The molecule has 176 valence electrons. The summed E-state index contributed by atoms with van der Waals surface area (Å²) in [4.78, 5) is 40.2. The highest BCUT2D eigenvalue weighted by Crippen LogP contribution is 2.39. The zero-order valence-corrected chi connectivity index (χ0v) is 20.4.